The van der Waals surface area contributed by atoms with Crippen LogP contribution in [0.3, 0.4) is 0 Å². The maximum Gasteiger partial charge on any atom is 0.0756 e. The second-order valence-electron chi connectivity index (χ2n) is 10.2. The van der Waals surface area contributed by atoms with Crippen LogP contribution in [0.15, 0.2) is 36.4 Å². The van der Waals surface area contributed by atoms with Crippen molar-refractivity contribution >= 4 is 0 Å². The predicted molar refractivity (Wildman–Crippen MR) is 119 cm³/mol. The van der Waals surface area contributed by atoms with E-state index < -0.39 is 0 Å². The van der Waals surface area contributed by atoms with E-state index in [-0.39, 0.29) is 0 Å². The highest BCUT2D eigenvalue weighted by Gasteiger charge is 2.23. The van der Waals surface area contributed by atoms with Gasteiger partial charge in [0, 0.05) is 5.92 Å². The summed E-state index contributed by atoms with van der Waals surface area (Å²) in [5, 5.41) is 0. The number of ether oxygens (including phenoxy) is 1. The highest BCUT2D eigenvalue weighted by molar-refractivity contribution is 5.31. The van der Waals surface area contributed by atoms with E-state index >= 15 is 0 Å². The molecular weight excluding hydrogens is 340 g/mol. The van der Waals surface area contributed by atoms with Crippen LogP contribution in [0, 0.1) is 17.8 Å². The molecule has 0 aromatic heterocycles. The average molecular weight is 381 g/mol. The molecular formula is C27H40O. The zero-order valence-electron chi connectivity index (χ0n) is 18.1. The van der Waals surface area contributed by atoms with E-state index in [2.05, 4.69) is 50.3 Å². The molecule has 4 rings (SSSR count). The van der Waals surface area contributed by atoms with Crippen LogP contribution in [0.25, 0.3) is 0 Å². The van der Waals surface area contributed by atoms with Crippen LogP contribution in [0.4, 0.5) is 0 Å². The number of benzene rings is 1. The van der Waals surface area contributed by atoms with Gasteiger partial charge in [0.15, 0.2) is 0 Å². The van der Waals surface area contributed by atoms with Gasteiger partial charge in [0.1, 0.15) is 0 Å². The van der Waals surface area contributed by atoms with Crippen molar-refractivity contribution < 1.29 is 4.74 Å². The second kappa shape index (κ2) is 9.61. The van der Waals surface area contributed by atoms with Gasteiger partial charge in [0.25, 0.3) is 0 Å². The van der Waals surface area contributed by atoms with E-state index in [1.807, 2.05) is 0 Å². The van der Waals surface area contributed by atoms with E-state index in [4.69, 9.17) is 4.74 Å². The first-order valence-corrected chi connectivity index (χ1v) is 12.1. The molecule has 0 bridgehead atoms. The standard InChI is InChI=1S/C27H40O/c1-20-3-7-22(8-4-20)19-28-27-17-15-26(16-18-27)25-13-11-24(12-14-25)23-9-5-21(2)6-10-23/h11-15,17,20-23,26-27H,3-10,16,18-19H2,1-2H3. The number of hydrogen-bond donors (Lipinski definition) is 0. The number of allylic oxidation sites excluding steroid dienone is 1. The lowest BCUT2D eigenvalue weighted by atomic mass is 9.79. The van der Waals surface area contributed by atoms with Gasteiger partial charge in [-0.2, -0.15) is 0 Å². The minimum atomic E-state index is 0.346. The monoisotopic (exact) mass is 380 g/mol. The van der Waals surface area contributed by atoms with Crippen molar-refractivity contribution in [2.45, 2.75) is 96.0 Å². The fraction of sp³-hybridized carbons (Fsp3) is 0.704. The van der Waals surface area contributed by atoms with E-state index in [1.165, 1.54) is 69.8 Å². The Morgan fingerprint density at radius 3 is 1.89 bits per heavy atom. The third-order valence-electron chi connectivity index (χ3n) is 7.85. The molecule has 1 heteroatoms. The maximum absolute atomic E-state index is 6.26. The molecule has 0 N–H and O–H groups in total. The molecule has 1 aromatic rings. The van der Waals surface area contributed by atoms with Crippen LogP contribution in [-0.4, -0.2) is 12.7 Å². The van der Waals surface area contributed by atoms with Crippen molar-refractivity contribution in [3.8, 4) is 0 Å². The predicted octanol–water partition coefficient (Wildman–Crippen LogP) is 7.63. The van der Waals surface area contributed by atoms with Crippen molar-refractivity contribution in [1.29, 1.82) is 0 Å². The SMILES string of the molecule is CC1CCC(COC2C=CC(c3ccc(C4CCC(C)CC4)cc3)CC2)CC1. The summed E-state index contributed by atoms with van der Waals surface area (Å²) in [6, 6.07) is 9.62. The zero-order valence-corrected chi connectivity index (χ0v) is 18.1. The Balaban J connectivity index is 1.25. The van der Waals surface area contributed by atoms with Gasteiger partial charge < -0.3 is 4.74 Å². The van der Waals surface area contributed by atoms with Crippen LogP contribution in [0.5, 0.6) is 0 Å². The summed E-state index contributed by atoms with van der Waals surface area (Å²) in [4.78, 5) is 0. The molecule has 3 aliphatic carbocycles. The molecule has 1 nitrogen and oxygen atoms in total. The third-order valence-corrected chi connectivity index (χ3v) is 7.85. The molecule has 2 unspecified atom stereocenters. The van der Waals surface area contributed by atoms with Crippen molar-refractivity contribution in [2.24, 2.45) is 17.8 Å². The first-order valence-electron chi connectivity index (χ1n) is 12.1. The van der Waals surface area contributed by atoms with Gasteiger partial charge in [0.05, 0.1) is 12.7 Å². The summed E-state index contributed by atoms with van der Waals surface area (Å²) in [7, 11) is 0. The molecule has 2 atom stereocenters. The Morgan fingerprint density at radius 1 is 0.679 bits per heavy atom. The minimum Gasteiger partial charge on any atom is -0.374 e. The van der Waals surface area contributed by atoms with Crippen molar-refractivity contribution in [3.63, 3.8) is 0 Å². The van der Waals surface area contributed by atoms with Crippen molar-refractivity contribution in [3.05, 3.63) is 47.5 Å². The van der Waals surface area contributed by atoms with Crippen LogP contribution in [-0.2, 0) is 4.74 Å². The summed E-state index contributed by atoms with van der Waals surface area (Å²) in [5.74, 6) is 4.04. The molecule has 2 saturated carbocycles. The van der Waals surface area contributed by atoms with E-state index in [0.29, 0.717) is 12.0 Å². The van der Waals surface area contributed by atoms with Gasteiger partial charge in [-0.3, -0.25) is 0 Å². The lowest BCUT2D eigenvalue weighted by molar-refractivity contribution is 0.0345. The normalized spacial score (nSPS) is 36.4. The molecule has 0 radical (unpaired) electrons. The summed E-state index contributed by atoms with van der Waals surface area (Å²) in [6.07, 6.45) is 18.6. The van der Waals surface area contributed by atoms with Gasteiger partial charge in [-0.05, 0) is 73.3 Å². The Hall–Kier alpha value is -1.08. The van der Waals surface area contributed by atoms with Gasteiger partial charge in [-0.25, -0.2) is 0 Å². The largest absolute Gasteiger partial charge is 0.374 e. The Bertz CT molecular complexity index is 614. The topological polar surface area (TPSA) is 9.23 Å². The number of rotatable bonds is 5. The lowest BCUT2D eigenvalue weighted by Gasteiger charge is -2.29. The first-order chi connectivity index (χ1) is 13.7. The summed E-state index contributed by atoms with van der Waals surface area (Å²) < 4.78 is 6.26. The van der Waals surface area contributed by atoms with E-state index in [1.54, 1.807) is 5.56 Å². The third kappa shape index (κ3) is 5.29. The van der Waals surface area contributed by atoms with Gasteiger partial charge in [-0.15, -0.1) is 0 Å². The molecule has 0 spiro atoms. The quantitative estimate of drug-likeness (QED) is 0.477. The van der Waals surface area contributed by atoms with Gasteiger partial charge in [0.2, 0.25) is 0 Å². The highest BCUT2D eigenvalue weighted by atomic mass is 16.5. The van der Waals surface area contributed by atoms with Gasteiger partial charge in [-0.1, -0.05) is 75.9 Å². The lowest BCUT2D eigenvalue weighted by Crippen LogP contribution is -2.22. The average Bonchev–Trinajstić information content (AvgIpc) is 2.74. The summed E-state index contributed by atoms with van der Waals surface area (Å²) in [5.41, 5.74) is 3.06. The molecule has 1 aromatic carbocycles. The smallest absolute Gasteiger partial charge is 0.0756 e. The molecule has 0 aliphatic heterocycles. The fourth-order valence-electron chi connectivity index (χ4n) is 5.58. The Labute approximate surface area is 173 Å². The highest BCUT2D eigenvalue weighted by Crippen LogP contribution is 2.37. The molecule has 0 saturated heterocycles. The second-order valence-corrected chi connectivity index (χ2v) is 10.2. The summed E-state index contributed by atoms with van der Waals surface area (Å²) >= 11 is 0. The van der Waals surface area contributed by atoms with E-state index in [0.717, 1.165) is 30.3 Å². The first kappa shape index (κ1) is 20.2. The number of hydrogen-bond acceptors (Lipinski definition) is 1. The molecule has 0 heterocycles. The maximum atomic E-state index is 6.26. The molecule has 0 amide bonds. The molecule has 3 aliphatic rings. The van der Waals surface area contributed by atoms with Crippen LogP contribution in [0.2, 0.25) is 0 Å². The fourth-order valence-corrected chi connectivity index (χ4v) is 5.58. The Kier molecular flexibility index (Phi) is 6.94. The van der Waals surface area contributed by atoms with Gasteiger partial charge >= 0.3 is 0 Å². The molecule has 28 heavy (non-hydrogen) atoms. The molecule has 154 valence electrons. The van der Waals surface area contributed by atoms with Crippen molar-refractivity contribution in [1.82, 2.24) is 0 Å². The minimum absolute atomic E-state index is 0.346. The molecule has 2 fully saturated rings. The van der Waals surface area contributed by atoms with E-state index in [9.17, 15) is 0 Å². The van der Waals surface area contributed by atoms with Crippen molar-refractivity contribution in [2.75, 3.05) is 6.61 Å². The summed E-state index contributed by atoms with van der Waals surface area (Å²) in [6.45, 7) is 5.77. The van der Waals surface area contributed by atoms with Crippen LogP contribution in [0.1, 0.15) is 101 Å². The van der Waals surface area contributed by atoms with Crippen LogP contribution >= 0.6 is 0 Å². The van der Waals surface area contributed by atoms with Crippen LogP contribution < -0.4 is 0 Å². The Morgan fingerprint density at radius 2 is 1.29 bits per heavy atom. The zero-order chi connectivity index (χ0) is 19.3.